The molecule has 0 radical (unpaired) electrons. The van der Waals surface area contributed by atoms with E-state index in [4.69, 9.17) is 11.6 Å². The van der Waals surface area contributed by atoms with Crippen LogP contribution in [-0.4, -0.2) is 12.0 Å². The summed E-state index contributed by atoms with van der Waals surface area (Å²) in [6.07, 6.45) is 2.17. The summed E-state index contributed by atoms with van der Waals surface area (Å²) in [7, 11) is 0. The van der Waals surface area contributed by atoms with Gasteiger partial charge in [-0.1, -0.05) is 29.8 Å². The van der Waals surface area contributed by atoms with E-state index >= 15 is 0 Å². The maximum atomic E-state index is 5.99. The lowest BCUT2D eigenvalue weighted by Crippen LogP contribution is -2.26. The molecule has 1 saturated heterocycles. The average Bonchev–Trinajstić information content (AvgIpc) is 3.09. The smallest absolute Gasteiger partial charge is 0.0610 e. The van der Waals surface area contributed by atoms with Crippen LogP contribution in [0.4, 0.5) is 0 Å². The molecule has 106 valence electrons. The van der Waals surface area contributed by atoms with Crippen LogP contribution in [0.2, 0.25) is 5.02 Å². The van der Waals surface area contributed by atoms with Gasteiger partial charge in [0.1, 0.15) is 0 Å². The van der Waals surface area contributed by atoms with Crippen LogP contribution in [0, 0.1) is 5.92 Å². The van der Waals surface area contributed by atoms with Crippen molar-refractivity contribution in [3.63, 3.8) is 0 Å². The minimum absolute atomic E-state index is 0.326. The number of halogens is 1. The van der Waals surface area contributed by atoms with Gasteiger partial charge in [-0.15, -0.1) is 11.3 Å². The maximum Gasteiger partial charge on any atom is 0.0610 e. The first kappa shape index (κ1) is 14.4. The summed E-state index contributed by atoms with van der Waals surface area (Å²) >= 11 is 9.70. The maximum absolute atomic E-state index is 5.99. The second kappa shape index (κ2) is 6.50. The van der Waals surface area contributed by atoms with Gasteiger partial charge in [0, 0.05) is 15.8 Å². The average molecular weight is 325 g/mol. The molecule has 0 amide bonds. The van der Waals surface area contributed by atoms with Crippen molar-refractivity contribution in [2.45, 2.75) is 12.1 Å². The van der Waals surface area contributed by atoms with Gasteiger partial charge in [0.15, 0.2) is 0 Å². The monoisotopic (exact) mass is 324 g/mol. The summed E-state index contributed by atoms with van der Waals surface area (Å²) in [6.45, 7) is 0. The first-order valence-corrected chi connectivity index (χ1v) is 9.23. The first-order valence-electron chi connectivity index (χ1n) is 6.58. The van der Waals surface area contributed by atoms with Crippen LogP contribution in [0.5, 0.6) is 0 Å². The Morgan fingerprint density at radius 2 is 1.90 bits per heavy atom. The fourth-order valence-electron chi connectivity index (χ4n) is 2.72. The Bertz CT molecular complexity index is 542. The molecule has 2 nitrogen and oxygen atoms in total. The van der Waals surface area contributed by atoms with E-state index in [0.717, 1.165) is 10.8 Å². The van der Waals surface area contributed by atoms with Crippen LogP contribution in [-0.2, 0) is 0 Å². The van der Waals surface area contributed by atoms with Gasteiger partial charge in [-0.05, 0) is 41.2 Å². The molecular formula is C15H17ClN2S2. The number of hydrazine groups is 1. The molecule has 3 atom stereocenters. The van der Waals surface area contributed by atoms with Gasteiger partial charge in [-0.2, -0.15) is 11.8 Å². The summed E-state index contributed by atoms with van der Waals surface area (Å²) in [5, 5.41) is 2.93. The number of hydrogen-bond acceptors (Lipinski definition) is 4. The lowest BCUT2D eigenvalue weighted by atomic mass is 9.90. The Hall–Kier alpha value is -0.520. The highest BCUT2D eigenvalue weighted by atomic mass is 35.5. The van der Waals surface area contributed by atoms with Crippen LogP contribution in [0.1, 0.15) is 22.5 Å². The molecule has 0 saturated carbocycles. The van der Waals surface area contributed by atoms with Crippen molar-refractivity contribution in [3.8, 4) is 0 Å². The predicted molar refractivity (Wildman–Crippen MR) is 89.4 cm³/mol. The fraction of sp³-hybridized carbons (Fsp3) is 0.333. The normalized spacial score (nSPS) is 26.0. The van der Waals surface area contributed by atoms with Gasteiger partial charge >= 0.3 is 0 Å². The molecule has 1 fully saturated rings. The van der Waals surface area contributed by atoms with Gasteiger partial charge in [-0.3, -0.25) is 0 Å². The van der Waals surface area contributed by atoms with Crippen molar-refractivity contribution in [2.75, 3.05) is 12.0 Å². The van der Waals surface area contributed by atoms with Crippen LogP contribution in [0.15, 0.2) is 41.8 Å². The zero-order chi connectivity index (χ0) is 13.9. The van der Waals surface area contributed by atoms with Crippen LogP contribution in [0.3, 0.4) is 0 Å². The number of hydrogen-bond donors (Lipinski definition) is 2. The number of thioether (sulfide) groups is 1. The van der Waals surface area contributed by atoms with Gasteiger partial charge in [-0.25, -0.2) is 10.9 Å². The Labute approximate surface area is 132 Å². The zero-order valence-corrected chi connectivity index (χ0v) is 13.6. The summed E-state index contributed by atoms with van der Waals surface area (Å²) < 4.78 is 0. The van der Waals surface area contributed by atoms with E-state index in [-0.39, 0.29) is 0 Å². The van der Waals surface area contributed by atoms with Gasteiger partial charge < -0.3 is 0 Å². The number of nitrogens with one attached hydrogen (secondary N) is 2. The van der Waals surface area contributed by atoms with E-state index in [0.29, 0.717) is 18.0 Å². The first-order chi connectivity index (χ1) is 9.79. The topological polar surface area (TPSA) is 24.1 Å². The summed E-state index contributed by atoms with van der Waals surface area (Å²) in [5.74, 6) is 1.65. The number of thiophene rings is 1. The minimum atomic E-state index is 0.326. The summed E-state index contributed by atoms with van der Waals surface area (Å²) in [6, 6.07) is 13.2. The van der Waals surface area contributed by atoms with Crippen molar-refractivity contribution < 1.29 is 0 Å². The van der Waals surface area contributed by atoms with Crippen LogP contribution >= 0.6 is 34.7 Å². The summed E-state index contributed by atoms with van der Waals surface area (Å²) in [4.78, 5) is 1.40. The molecule has 0 spiro atoms. The zero-order valence-electron chi connectivity index (χ0n) is 11.2. The number of benzene rings is 1. The molecule has 3 rings (SSSR count). The Kier molecular flexibility index (Phi) is 4.68. The van der Waals surface area contributed by atoms with E-state index in [2.05, 4.69) is 46.8 Å². The predicted octanol–water partition coefficient (Wildman–Crippen LogP) is 4.27. The lowest BCUT2D eigenvalue weighted by Gasteiger charge is -2.22. The van der Waals surface area contributed by atoms with E-state index in [1.165, 1.54) is 10.4 Å². The minimum Gasteiger partial charge on any atom is -0.249 e. The third kappa shape index (κ3) is 2.90. The SMILES string of the molecule is CSCC1C(c2ccc(Cl)cc2)NNC1c1cccs1. The van der Waals surface area contributed by atoms with E-state index < -0.39 is 0 Å². The Morgan fingerprint density at radius 3 is 2.55 bits per heavy atom. The lowest BCUT2D eigenvalue weighted by molar-refractivity contribution is 0.479. The standard InChI is InChI=1S/C15H17ClN2S2/c1-19-9-12-14(10-4-6-11(16)7-5-10)17-18-15(12)13-3-2-8-20-13/h2-8,12,14-15,17-18H,9H2,1H3. The molecule has 0 aliphatic carbocycles. The van der Waals surface area contributed by atoms with Crippen LogP contribution in [0.25, 0.3) is 0 Å². The Balaban J connectivity index is 1.86. The van der Waals surface area contributed by atoms with E-state index in [9.17, 15) is 0 Å². The molecule has 2 N–H and O–H groups in total. The molecular weight excluding hydrogens is 308 g/mol. The quantitative estimate of drug-likeness (QED) is 0.878. The van der Waals surface area contributed by atoms with E-state index in [1.54, 1.807) is 0 Å². The number of rotatable bonds is 4. The van der Waals surface area contributed by atoms with Crippen molar-refractivity contribution in [1.29, 1.82) is 0 Å². The van der Waals surface area contributed by atoms with Gasteiger partial charge in [0.05, 0.1) is 12.1 Å². The Morgan fingerprint density at radius 1 is 1.15 bits per heavy atom. The molecule has 2 aromatic rings. The van der Waals surface area contributed by atoms with Crippen molar-refractivity contribution >= 4 is 34.7 Å². The van der Waals surface area contributed by atoms with E-state index in [1.807, 2.05) is 35.2 Å². The molecule has 1 aliphatic heterocycles. The molecule has 20 heavy (non-hydrogen) atoms. The third-order valence-corrected chi connectivity index (χ3v) is 5.61. The van der Waals surface area contributed by atoms with Crippen LogP contribution < -0.4 is 10.9 Å². The fourth-order valence-corrected chi connectivity index (χ4v) is 4.47. The molecule has 1 aliphatic rings. The summed E-state index contributed by atoms with van der Waals surface area (Å²) in [5.41, 5.74) is 8.23. The van der Waals surface area contributed by atoms with Crippen molar-refractivity contribution in [1.82, 2.24) is 10.9 Å². The highest BCUT2D eigenvalue weighted by Crippen LogP contribution is 2.40. The highest BCUT2D eigenvalue weighted by molar-refractivity contribution is 7.98. The molecule has 0 bridgehead atoms. The molecule has 5 heteroatoms. The second-order valence-corrected chi connectivity index (χ2v) is 7.26. The third-order valence-electron chi connectivity index (χ3n) is 3.69. The largest absolute Gasteiger partial charge is 0.249 e. The molecule has 2 heterocycles. The molecule has 3 unspecified atom stereocenters. The molecule has 1 aromatic carbocycles. The molecule has 1 aromatic heterocycles. The second-order valence-electron chi connectivity index (χ2n) is 4.93. The highest BCUT2D eigenvalue weighted by Gasteiger charge is 2.37. The van der Waals surface area contributed by atoms with Crippen molar-refractivity contribution in [2.24, 2.45) is 5.92 Å². The van der Waals surface area contributed by atoms with Gasteiger partial charge in [0.25, 0.3) is 0 Å². The van der Waals surface area contributed by atoms with Crippen molar-refractivity contribution in [3.05, 3.63) is 57.2 Å². The van der Waals surface area contributed by atoms with Gasteiger partial charge in [0.2, 0.25) is 0 Å².